The zero-order chi connectivity index (χ0) is 34.6. The summed E-state index contributed by atoms with van der Waals surface area (Å²) in [6.45, 7) is 0. The fourth-order valence-corrected chi connectivity index (χ4v) is 9.24. The number of benzene rings is 3. The van der Waals surface area contributed by atoms with Crippen LogP contribution in [0.25, 0.3) is 0 Å². The first-order valence-corrected chi connectivity index (χ1v) is 16.3. The van der Waals surface area contributed by atoms with Crippen molar-refractivity contribution in [2.75, 3.05) is 9.80 Å². The van der Waals surface area contributed by atoms with Gasteiger partial charge < -0.3 is 19.9 Å². The minimum Gasteiger partial charge on any atom is -0.508 e. The SMILES string of the molecule is O=C1[C@H]2[C@H](CC=C3[C@H](C4=COc5ccc(O)cc5C4)[C@]4(Cl)C(=O)N(c5ccc(F)cc5)C(=O)[C@]4(Cl)C[C@H]32)C(=O)N1c1cccc(B(O)O)c1. The number of phenolic OH excluding ortho intramolecular Hbond substituents is 1. The standard InChI is InChI=1S/C35H26BCl2FN2O8/c37-34-15-26-24(9-10-25-28(26)31(44)40(30(25)43)22-3-1-2-19(14-22)36(47)48)29(18-12-17-13-23(42)8-11-27(17)49-16-18)35(34,38)33(46)41(32(34)45)21-6-4-20(39)5-7-21/h1-9,11,13-14,16,25-26,28-29,42,47-48H,10,12,15H2/t25-,26+,28-,29-,34+,35-/m0/s1. The molecule has 8 rings (SSSR count). The Labute approximate surface area is 289 Å². The van der Waals surface area contributed by atoms with Crippen molar-refractivity contribution in [1.82, 2.24) is 0 Å². The van der Waals surface area contributed by atoms with Gasteiger partial charge in [0.15, 0.2) is 9.75 Å². The molecule has 5 aliphatic rings. The fourth-order valence-electron chi connectivity index (χ4n) is 8.29. The summed E-state index contributed by atoms with van der Waals surface area (Å²) in [5.74, 6) is -6.59. The number of anilines is 2. The number of hydrogen-bond acceptors (Lipinski definition) is 8. The van der Waals surface area contributed by atoms with Gasteiger partial charge in [0.05, 0.1) is 29.5 Å². The molecular formula is C35H26BCl2FN2O8. The van der Waals surface area contributed by atoms with Gasteiger partial charge in [-0.05, 0) is 84.4 Å². The van der Waals surface area contributed by atoms with Crippen LogP contribution in [0.3, 0.4) is 0 Å². The third kappa shape index (κ3) is 4.40. The highest BCUT2D eigenvalue weighted by molar-refractivity contribution is 6.59. The van der Waals surface area contributed by atoms with Crippen LogP contribution in [0.1, 0.15) is 18.4 Å². The number of halogens is 3. The van der Waals surface area contributed by atoms with Gasteiger partial charge in [-0.1, -0.05) is 23.8 Å². The highest BCUT2D eigenvalue weighted by atomic mass is 35.5. The number of nitrogens with zero attached hydrogens (tertiary/aromatic N) is 2. The first-order valence-electron chi connectivity index (χ1n) is 15.6. The van der Waals surface area contributed by atoms with E-state index in [-0.39, 0.29) is 41.8 Å². The van der Waals surface area contributed by atoms with Gasteiger partial charge in [0.25, 0.3) is 11.8 Å². The molecule has 0 radical (unpaired) electrons. The summed E-state index contributed by atoms with van der Waals surface area (Å²) in [6.07, 6.45) is 3.24. The van der Waals surface area contributed by atoms with Crippen LogP contribution >= 0.6 is 23.2 Å². The molecule has 3 heterocycles. The number of alkyl halides is 2. The normalized spacial score (nSPS) is 30.2. The van der Waals surface area contributed by atoms with E-state index in [0.29, 0.717) is 22.5 Å². The number of amides is 4. The highest BCUT2D eigenvalue weighted by Gasteiger charge is 2.77. The number of carbonyl (C=O) groups is 4. The lowest BCUT2D eigenvalue weighted by Crippen LogP contribution is -2.61. The van der Waals surface area contributed by atoms with Crippen molar-refractivity contribution < 1.29 is 43.5 Å². The summed E-state index contributed by atoms with van der Waals surface area (Å²) in [4.78, 5) is 54.8. The number of fused-ring (bicyclic) bond motifs is 5. The van der Waals surface area contributed by atoms with Gasteiger partial charge in [-0.2, -0.15) is 0 Å². The Hall–Kier alpha value is -4.49. The molecular weight excluding hydrogens is 677 g/mol. The van der Waals surface area contributed by atoms with E-state index in [1.807, 2.05) is 0 Å². The smallest absolute Gasteiger partial charge is 0.488 e. The Morgan fingerprint density at radius 1 is 0.878 bits per heavy atom. The Morgan fingerprint density at radius 2 is 1.63 bits per heavy atom. The molecule has 10 nitrogen and oxygen atoms in total. The molecule has 0 unspecified atom stereocenters. The summed E-state index contributed by atoms with van der Waals surface area (Å²) >= 11 is 14.8. The van der Waals surface area contributed by atoms with Gasteiger partial charge in [-0.25, -0.2) is 9.29 Å². The van der Waals surface area contributed by atoms with Crippen molar-refractivity contribution in [3.63, 3.8) is 0 Å². The summed E-state index contributed by atoms with van der Waals surface area (Å²) in [6, 6.07) is 15.1. The van der Waals surface area contributed by atoms with Crippen LogP contribution in [0, 0.1) is 29.5 Å². The van der Waals surface area contributed by atoms with Gasteiger partial charge in [-0.3, -0.25) is 24.1 Å². The molecule has 4 amide bonds. The second-order valence-electron chi connectivity index (χ2n) is 13.0. The molecule has 6 atom stereocenters. The van der Waals surface area contributed by atoms with Crippen molar-refractivity contribution in [1.29, 1.82) is 0 Å². The van der Waals surface area contributed by atoms with Crippen LogP contribution in [0.4, 0.5) is 15.8 Å². The van der Waals surface area contributed by atoms with Crippen molar-refractivity contribution >= 4 is 70.8 Å². The number of aromatic hydroxyl groups is 1. The summed E-state index contributed by atoms with van der Waals surface area (Å²) in [5, 5.41) is 29.7. The average molecular weight is 703 g/mol. The lowest BCUT2D eigenvalue weighted by Gasteiger charge is -2.51. The lowest BCUT2D eigenvalue weighted by atomic mass is 9.56. The molecule has 49 heavy (non-hydrogen) atoms. The van der Waals surface area contributed by atoms with Gasteiger partial charge in [-0.15, -0.1) is 23.2 Å². The largest absolute Gasteiger partial charge is 0.508 e. The van der Waals surface area contributed by atoms with E-state index >= 15 is 0 Å². The molecule has 248 valence electrons. The van der Waals surface area contributed by atoms with Crippen molar-refractivity contribution in [3.8, 4) is 11.5 Å². The van der Waals surface area contributed by atoms with Crippen LogP contribution in [0.2, 0.25) is 0 Å². The number of ether oxygens (including phenoxy) is 1. The third-order valence-corrected chi connectivity index (χ3v) is 11.9. The number of allylic oxidation sites excluding steroid dienone is 3. The summed E-state index contributed by atoms with van der Waals surface area (Å²) in [5.41, 5.74) is 1.91. The zero-order valence-corrected chi connectivity index (χ0v) is 26.9. The van der Waals surface area contributed by atoms with Crippen molar-refractivity contribution in [3.05, 3.63) is 102 Å². The van der Waals surface area contributed by atoms with Crippen LogP contribution in [-0.4, -0.2) is 55.7 Å². The molecule has 14 heteroatoms. The van der Waals surface area contributed by atoms with Gasteiger partial charge >= 0.3 is 7.12 Å². The van der Waals surface area contributed by atoms with Crippen molar-refractivity contribution in [2.24, 2.45) is 23.7 Å². The van der Waals surface area contributed by atoms with Gasteiger partial charge in [0, 0.05) is 17.9 Å². The lowest BCUT2D eigenvalue weighted by molar-refractivity contribution is -0.125. The number of phenols is 1. The Kier molecular flexibility index (Phi) is 7.14. The van der Waals surface area contributed by atoms with E-state index < -0.39 is 70.0 Å². The van der Waals surface area contributed by atoms with Crippen LogP contribution < -0.4 is 20.0 Å². The van der Waals surface area contributed by atoms with Crippen molar-refractivity contribution in [2.45, 2.75) is 29.0 Å². The molecule has 2 saturated heterocycles. The summed E-state index contributed by atoms with van der Waals surface area (Å²) in [7, 11) is -1.83. The maximum absolute atomic E-state index is 14.5. The van der Waals surface area contributed by atoms with Gasteiger partial charge in [0.1, 0.15) is 17.3 Å². The number of rotatable bonds is 4. The van der Waals surface area contributed by atoms with Crippen LogP contribution in [0.15, 0.2) is 90.2 Å². The fraction of sp³-hybridized carbons (Fsp3) is 0.257. The van der Waals surface area contributed by atoms with Crippen LogP contribution in [-0.2, 0) is 25.6 Å². The molecule has 0 bridgehead atoms. The number of hydrogen-bond donors (Lipinski definition) is 3. The molecule has 3 aromatic carbocycles. The van der Waals surface area contributed by atoms with E-state index in [9.17, 15) is 38.7 Å². The first kappa shape index (κ1) is 31.8. The van der Waals surface area contributed by atoms with Crippen LogP contribution in [0.5, 0.6) is 11.5 Å². The van der Waals surface area contributed by atoms with E-state index in [2.05, 4.69) is 0 Å². The molecule has 3 fully saturated rings. The quantitative estimate of drug-likeness (QED) is 0.163. The maximum atomic E-state index is 14.5. The minimum atomic E-state index is -2.13. The molecule has 3 N–H and O–H groups in total. The molecule has 0 spiro atoms. The Balaban J connectivity index is 1.27. The molecule has 1 saturated carbocycles. The molecule has 3 aliphatic heterocycles. The maximum Gasteiger partial charge on any atom is 0.488 e. The second kappa shape index (κ2) is 11.0. The van der Waals surface area contributed by atoms with E-state index in [0.717, 1.165) is 21.9 Å². The minimum absolute atomic E-state index is 0.0142. The zero-order valence-electron chi connectivity index (χ0n) is 25.4. The predicted octanol–water partition coefficient (Wildman–Crippen LogP) is 3.33. The topological polar surface area (TPSA) is 145 Å². The highest BCUT2D eigenvalue weighted by Crippen LogP contribution is 2.65. The van der Waals surface area contributed by atoms with E-state index in [1.54, 1.807) is 12.1 Å². The molecule has 2 aliphatic carbocycles. The number of imide groups is 2. The molecule has 0 aromatic heterocycles. The second-order valence-corrected chi connectivity index (χ2v) is 14.3. The molecule has 3 aromatic rings. The number of carbonyl (C=O) groups excluding carboxylic acids is 4. The average Bonchev–Trinajstić information content (AvgIpc) is 3.42. The Morgan fingerprint density at radius 3 is 2.37 bits per heavy atom. The van der Waals surface area contributed by atoms with Gasteiger partial charge in [0.2, 0.25) is 11.8 Å². The van der Waals surface area contributed by atoms with E-state index in [1.165, 1.54) is 54.8 Å². The van der Waals surface area contributed by atoms with E-state index in [4.69, 9.17) is 27.9 Å². The first-order chi connectivity index (χ1) is 23.3. The summed E-state index contributed by atoms with van der Waals surface area (Å²) < 4.78 is 19.8. The predicted molar refractivity (Wildman–Crippen MR) is 177 cm³/mol. The monoisotopic (exact) mass is 702 g/mol. The Bertz CT molecular complexity index is 2060. The third-order valence-electron chi connectivity index (χ3n) is 10.5.